The fraction of sp³-hybridized carbons (Fsp3) is 0.111. The van der Waals surface area contributed by atoms with Crippen molar-refractivity contribution in [1.29, 1.82) is 0 Å². The second kappa shape index (κ2) is 3.74. The predicted octanol–water partition coefficient (Wildman–Crippen LogP) is -0.0803. The lowest BCUT2D eigenvalue weighted by Gasteiger charge is -2.04. The quantitative estimate of drug-likeness (QED) is 0.702. The van der Waals surface area contributed by atoms with Crippen LogP contribution in [-0.4, -0.2) is 43.6 Å². The van der Waals surface area contributed by atoms with Gasteiger partial charge >= 0.3 is 11.9 Å². The summed E-state index contributed by atoms with van der Waals surface area (Å²) in [4.78, 5) is 29.5. The maximum atomic E-state index is 11.4. The Kier molecular flexibility index (Phi) is 2.39. The largest absolute Gasteiger partial charge is 0.480 e. The SMILES string of the molecule is COC(=O)c1cc(C(=O)O)nc2cnc(O)n12. The van der Waals surface area contributed by atoms with Crippen LogP contribution in [-0.2, 0) is 4.74 Å². The molecule has 0 saturated heterocycles. The molecule has 88 valence electrons. The van der Waals surface area contributed by atoms with Crippen molar-refractivity contribution in [3.8, 4) is 6.01 Å². The lowest BCUT2D eigenvalue weighted by Crippen LogP contribution is -2.12. The summed E-state index contributed by atoms with van der Waals surface area (Å²) in [5.41, 5.74) is -0.453. The topological polar surface area (TPSA) is 114 Å². The number of fused-ring (bicyclic) bond motifs is 1. The number of hydrogen-bond acceptors (Lipinski definition) is 6. The van der Waals surface area contributed by atoms with E-state index >= 15 is 0 Å². The number of carboxylic acids is 1. The third-order valence-corrected chi connectivity index (χ3v) is 2.09. The monoisotopic (exact) mass is 237 g/mol. The van der Waals surface area contributed by atoms with Crippen LogP contribution in [0.3, 0.4) is 0 Å². The smallest absolute Gasteiger partial charge is 0.355 e. The number of rotatable bonds is 2. The number of aromatic hydroxyl groups is 1. The Labute approximate surface area is 94.1 Å². The van der Waals surface area contributed by atoms with Gasteiger partial charge in [0, 0.05) is 6.07 Å². The van der Waals surface area contributed by atoms with Crippen molar-refractivity contribution in [3.05, 3.63) is 23.7 Å². The standard InChI is InChI=1S/C9H7N3O5/c1-17-8(15)5-2-4(7(13)14)11-6-3-10-9(16)12(5)6/h2-3H,1H3,(H,10,16)(H,13,14). The second-order valence-electron chi connectivity index (χ2n) is 3.08. The van der Waals surface area contributed by atoms with Crippen LogP contribution in [0.15, 0.2) is 12.3 Å². The molecule has 2 heterocycles. The molecule has 2 N–H and O–H groups in total. The van der Waals surface area contributed by atoms with E-state index in [1.54, 1.807) is 0 Å². The number of methoxy groups -OCH3 is 1. The molecule has 8 nitrogen and oxygen atoms in total. The van der Waals surface area contributed by atoms with E-state index in [0.717, 1.165) is 23.8 Å². The minimum atomic E-state index is -1.29. The number of carboxylic acid groups (broad SMARTS) is 1. The first-order valence-electron chi connectivity index (χ1n) is 4.43. The summed E-state index contributed by atoms with van der Waals surface area (Å²) in [7, 11) is 1.14. The maximum Gasteiger partial charge on any atom is 0.355 e. The third kappa shape index (κ3) is 1.65. The Balaban J connectivity index is 2.80. The van der Waals surface area contributed by atoms with Crippen LogP contribution in [0.5, 0.6) is 6.01 Å². The molecular formula is C9H7N3O5. The summed E-state index contributed by atoms with van der Waals surface area (Å²) in [6.45, 7) is 0. The van der Waals surface area contributed by atoms with Gasteiger partial charge in [-0.3, -0.25) is 0 Å². The molecule has 0 aliphatic rings. The molecule has 2 rings (SSSR count). The van der Waals surface area contributed by atoms with E-state index in [2.05, 4.69) is 14.7 Å². The molecule has 0 fully saturated rings. The van der Waals surface area contributed by atoms with Crippen LogP contribution in [0.4, 0.5) is 0 Å². The van der Waals surface area contributed by atoms with Gasteiger partial charge in [0.2, 0.25) is 0 Å². The molecule has 0 aromatic carbocycles. The third-order valence-electron chi connectivity index (χ3n) is 2.09. The van der Waals surface area contributed by atoms with E-state index in [0.29, 0.717) is 0 Å². The van der Waals surface area contributed by atoms with Gasteiger partial charge < -0.3 is 14.9 Å². The summed E-state index contributed by atoms with van der Waals surface area (Å²) < 4.78 is 5.48. The lowest BCUT2D eigenvalue weighted by atomic mass is 10.3. The van der Waals surface area contributed by atoms with Gasteiger partial charge in [-0.25, -0.2) is 24.0 Å². The number of aromatic carboxylic acids is 1. The van der Waals surface area contributed by atoms with Gasteiger partial charge in [0.05, 0.1) is 13.3 Å². The highest BCUT2D eigenvalue weighted by atomic mass is 16.5. The Bertz CT molecular complexity index is 618. The van der Waals surface area contributed by atoms with Crippen LogP contribution in [0, 0.1) is 0 Å². The number of carbonyl (C=O) groups excluding carboxylic acids is 1. The fourth-order valence-electron chi connectivity index (χ4n) is 1.36. The van der Waals surface area contributed by atoms with Crippen LogP contribution in [0.1, 0.15) is 21.0 Å². The molecule has 0 amide bonds. The van der Waals surface area contributed by atoms with Crippen LogP contribution in [0.2, 0.25) is 0 Å². The highest BCUT2D eigenvalue weighted by Gasteiger charge is 2.19. The van der Waals surface area contributed by atoms with Crippen molar-refractivity contribution in [2.75, 3.05) is 7.11 Å². The van der Waals surface area contributed by atoms with E-state index in [4.69, 9.17) is 5.11 Å². The van der Waals surface area contributed by atoms with Crippen molar-refractivity contribution < 1.29 is 24.5 Å². The van der Waals surface area contributed by atoms with Crippen molar-refractivity contribution in [3.63, 3.8) is 0 Å². The normalized spacial score (nSPS) is 10.4. The van der Waals surface area contributed by atoms with E-state index in [1.165, 1.54) is 0 Å². The van der Waals surface area contributed by atoms with E-state index in [1.807, 2.05) is 0 Å². The molecule has 0 atom stereocenters. The summed E-state index contributed by atoms with van der Waals surface area (Å²) in [6, 6.07) is 0.535. The molecule has 0 aliphatic heterocycles. The molecule has 0 unspecified atom stereocenters. The zero-order valence-electron chi connectivity index (χ0n) is 8.62. The average Bonchev–Trinajstić information content (AvgIpc) is 2.69. The molecule has 0 bridgehead atoms. The molecule has 8 heteroatoms. The summed E-state index contributed by atoms with van der Waals surface area (Å²) in [6.07, 6.45) is 1.15. The second-order valence-corrected chi connectivity index (χ2v) is 3.08. The Morgan fingerprint density at radius 3 is 2.76 bits per heavy atom. The van der Waals surface area contributed by atoms with Crippen molar-refractivity contribution >= 4 is 17.6 Å². The predicted molar refractivity (Wildman–Crippen MR) is 53.0 cm³/mol. The van der Waals surface area contributed by atoms with Gasteiger partial charge in [-0.2, -0.15) is 0 Å². The highest BCUT2D eigenvalue weighted by Crippen LogP contribution is 2.16. The van der Waals surface area contributed by atoms with Crippen molar-refractivity contribution in [2.24, 2.45) is 0 Å². The molecule has 2 aromatic rings. The highest BCUT2D eigenvalue weighted by molar-refractivity contribution is 5.93. The van der Waals surface area contributed by atoms with E-state index in [-0.39, 0.29) is 17.0 Å². The number of carbonyl (C=O) groups is 2. The zero-order valence-corrected chi connectivity index (χ0v) is 8.62. The molecular weight excluding hydrogens is 230 g/mol. The molecule has 2 aromatic heterocycles. The van der Waals surface area contributed by atoms with Gasteiger partial charge in [-0.1, -0.05) is 0 Å². The zero-order chi connectivity index (χ0) is 12.6. The Morgan fingerprint density at radius 2 is 2.18 bits per heavy atom. The van der Waals surface area contributed by atoms with Gasteiger partial charge in [-0.05, 0) is 0 Å². The van der Waals surface area contributed by atoms with E-state index in [9.17, 15) is 14.7 Å². The molecule has 0 aliphatic carbocycles. The summed E-state index contributed by atoms with van der Waals surface area (Å²) in [5.74, 6) is -2.09. The number of imidazole rings is 1. The molecule has 0 radical (unpaired) electrons. The maximum absolute atomic E-state index is 11.4. The van der Waals surface area contributed by atoms with Crippen molar-refractivity contribution in [2.45, 2.75) is 0 Å². The first kappa shape index (κ1) is 10.9. The average molecular weight is 237 g/mol. The number of nitrogens with zero attached hydrogens (tertiary/aromatic N) is 3. The van der Waals surface area contributed by atoms with E-state index < -0.39 is 17.9 Å². The van der Waals surface area contributed by atoms with Crippen molar-refractivity contribution in [1.82, 2.24) is 14.4 Å². The Hall–Kier alpha value is -2.64. The van der Waals surface area contributed by atoms with Crippen LogP contribution < -0.4 is 0 Å². The van der Waals surface area contributed by atoms with Gasteiger partial charge in [0.15, 0.2) is 11.3 Å². The first-order chi connectivity index (χ1) is 8.04. The minimum Gasteiger partial charge on any atom is -0.480 e. The molecule has 0 saturated carbocycles. The van der Waals surface area contributed by atoms with Crippen LogP contribution >= 0.6 is 0 Å². The van der Waals surface area contributed by atoms with Gasteiger partial charge in [0.1, 0.15) is 5.69 Å². The Morgan fingerprint density at radius 1 is 1.47 bits per heavy atom. The molecule has 17 heavy (non-hydrogen) atoms. The fourth-order valence-corrected chi connectivity index (χ4v) is 1.36. The number of esters is 1. The first-order valence-corrected chi connectivity index (χ1v) is 4.43. The lowest BCUT2D eigenvalue weighted by molar-refractivity contribution is 0.0590. The molecule has 0 spiro atoms. The summed E-state index contributed by atoms with van der Waals surface area (Å²) >= 11 is 0. The van der Waals surface area contributed by atoms with Crippen LogP contribution in [0.25, 0.3) is 5.65 Å². The number of aromatic nitrogens is 3. The van der Waals surface area contributed by atoms with Gasteiger partial charge in [-0.15, -0.1) is 0 Å². The van der Waals surface area contributed by atoms with Gasteiger partial charge in [0.25, 0.3) is 6.01 Å². The summed E-state index contributed by atoms with van der Waals surface area (Å²) in [5, 5.41) is 18.2. The number of ether oxygens (including phenoxy) is 1. The minimum absolute atomic E-state index is 0.0443. The number of hydrogen-bond donors (Lipinski definition) is 2.